The zero-order chi connectivity index (χ0) is 19.8. The first-order valence-corrected chi connectivity index (χ1v) is 9.12. The van der Waals surface area contributed by atoms with Crippen LogP contribution in [-0.2, 0) is 11.2 Å². The molecule has 29 heavy (non-hydrogen) atoms. The molecule has 0 atom stereocenters. The van der Waals surface area contributed by atoms with Gasteiger partial charge in [-0.3, -0.25) is 4.79 Å². The van der Waals surface area contributed by atoms with Gasteiger partial charge in [0.25, 0.3) is 0 Å². The highest BCUT2D eigenvalue weighted by atomic mass is 16.1. The summed E-state index contributed by atoms with van der Waals surface area (Å²) in [7, 11) is 0. The molecule has 0 bridgehead atoms. The lowest BCUT2D eigenvalue weighted by Crippen LogP contribution is -2.03. The smallest absolute Gasteiger partial charge is 0.228 e. The molecule has 0 fully saturated rings. The Bertz CT molecular complexity index is 1300. The van der Waals surface area contributed by atoms with Crippen LogP contribution in [0.25, 0.3) is 10.9 Å². The number of anilines is 5. The van der Waals surface area contributed by atoms with E-state index in [1.165, 1.54) is 0 Å². The van der Waals surface area contributed by atoms with Gasteiger partial charge in [0.15, 0.2) is 0 Å². The lowest BCUT2D eigenvalue weighted by Gasteiger charge is -2.11. The lowest BCUT2D eigenvalue weighted by molar-refractivity contribution is -0.115. The van der Waals surface area contributed by atoms with Gasteiger partial charge in [-0.15, -0.1) is 0 Å². The van der Waals surface area contributed by atoms with E-state index in [0.717, 1.165) is 39.2 Å². The van der Waals surface area contributed by atoms with Crippen molar-refractivity contribution in [1.29, 1.82) is 5.26 Å². The second-order valence-corrected chi connectivity index (χ2v) is 6.86. The predicted octanol–water partition coefficient (Wildman–Crippen LogP) is 4.42. The van der Waals surface area contributed by atoms with Crippen LogP contribution in [0.15, 0.2) is 60.8 Å². The molecule has 0 unspecified atom stereocenters. The van der Waals surface area contributed by atoms with E-state index >= 15 is 0 Å². The van der Waals surface area contributed by atoms with E-state index in [0.29, 0.717) is 17.9 Å². The first-order valence-electron chi connectivity index (χ1n) is 9.12. The Morgan fingerprint density at radius 1 is 0.966 bits per heavy atom. The maximum absolute atomic E-state index is 11.5. The third-order valence-corrected chi connectivity index (χ3v) is 4.79. The van der Waals surface area contributed by atoms with Gasteiger partial charge >= 0.3 is 0 Å². The van der Waals surface area contributed by atoms with Crippen molar-refractivity contribution in [2.75, 3.05) is 16.0 Å². The number of rotatable bonds is 4. The number of hydrogen-bond acceptors (Lipinski definition) is 5. The summed E-state index contributed by atoms with van der Waals surface area (Å²) in [6, 6.07) is 19.3. The van der Waals surface area contributed by atoms with Crippen LogP contribution in [0.3, 0.4) is 0 Å². The Morgan fingerprint density at radius 3 is 2.72 bits per heavy atom. The number of fused-ring (bicyclic) bond motifs is 2. The number of amides is 1. The van der Waals surface area contributed by atoms with E-state index in [9.17, 15) is 10.1 Å². The summed E-state index contributed by atoms with van der Waals surface area (Å²) < 4.78 is 0. The standard InChI is InChI=1S/C22H16N6O/c23-12-18-9-17(25-15-3-4-19-14(7-15)8-22(29)28-19)11-21(27-18)26-16-2-1-13-5-6-24-20(13)10-16/h1-7,9-11,24H,8H2,(H,28,29)(H2,25,26,27). The summed E-state index contributed by atoms with van der Waals surface area (Å²) in [5.41, 5.74) is 5.56. The molecular formula is C22H16N6O. The van der Waals surface area contributed by atoms with Crippen LogP contribution in [0.2, 0.25) is 0 Å². The first kappa shape index (κ1) is 16.8. The largest absolute Gasteiger partial charge is 0.361 e. The fraction of sp³-hybridized carbons (Fsp3) is 0.0455. The van der Waals surface area contributed by atoms with Gasteiger partial charge in [-0.25, -0.2) is 4.98 Å². The maximum Gasteiger partial charge on any atom is 0.228 e. The highest BCUT2D eigenvalue weighted by Gasteiger charge is 2.17. The van der Waals surface area contributed by atoms with E-state index in [1.54, 1.807) is 6.07 Å². The molecule has 1 aliphatic rings. The molecule has 1 amide bonds. The van der Waals surface area contributed by atoms with Crippen molar-refractivity contribution in [3.05, 3.63) is 72.1 Å². The van der Waals surface area contributed by atoms with Gasteiger partial charge in [-0.1, -0.05) is 6.07 Å². The summed E-state index contributed by atoms with van der Waals surface area (Å²) in [6.45, 7) is 0. The third-order valence-electron chi connectivity index (χ3n) is 4.79. The Balaban J connectivity index is 1.43. The highest BCUT2D eigenvalue weighted by molar-refractivity contribution is 5.99. The molecule has 0 radical (unpaired) electrons. The molecule has 4 aromatic rings. The Labute approximate surface area is 166 Å². The Kier molecular flexibility index (Phi) is 3.88. The number of nitriles is 1. The van der Waals surface area contributed by atoms with Crippen LogP contribution in [0.5, 0.6) is 0 Å². The lowest BCUT2D eigenvalue weighted by atomic mass is 10.1. The van der Waals surface area contributed by atoms with E-state index in [2.05, 4.69) is 32.0 Å². The molecule has 2 aromatic heterocycles. The highest BCUT2D eigenvalue weighted by Crippen LogP contribution is 2.29. The van der Waals surface area contributed by atoms with Crippen LogP contribution in [-0.4, -0.2) is 15.9 Å². The number of aromatic amines is 1. The second kappa shape index (κ2) is 6.69. The van der Waals surface area contributed by atoms with E-state index in [1.807, 2.05) is 54.7 Å². The average Bonchev–Trinajstić information content (AvgIpc) is 3.32. The number of aromatic nitrogens is 2. The number of carbonyl (C=O) groups excluding carboxylic acids is 1. The first-order chi connectivity index (χ1) is 14.2. The van der Waals surface area contributed by atoms with Crippen LogP contribution in [0.1, 0.15) is 11.3 Å². The van der Waals surface area contributed by atoms with Gasteiger partial charge in [0.2, 0.25) is 5.91 Å². The molecule has 7 heteroatoms. The summed E-state index contributed by atoms with van der Waals surface area (Å²) in [5, 5.41) is 19.9. The van der Waals surface area contributed by atoms with Crippen LogP contribution in [0, 0.1) is 11.3 Å². The summed E-state index contributed by atoms with van der Waals surface area (Å²) in [5.74, 6) is 0.564. The minimum absolute atomic E-state index is 0.00153. The Hall–Kier alpha value is -4.31. The van der Waals surface area contributed by atoms with E-state index < -0.39 is 0 Å². The molecular weight excluding hydrogens is 364 g/mol. The predicted molar refractivity (Wildman–Crippen MR) is 113 cm³/mol. The van der Waals surface area contributed by atoms with Crippen molar-refractivity contribution in [3.63, 3.8) is 0 Å². The van der Waals surface area contributed by atoms with E-state index in [-0.39, 0.29) is 5.91 Å². The van der Waals surface area contributed by atoms with Crippen LogP contribution >= 0.6 is 0 Å². The van der Waals surface area contributed by atoms with Gasteiger partial charge < -0.3 is 20.9 Å². The Morgan fingerprint density at radius 2 is 1.83 bits per heavy atom. The van der Waals surface area contributed by atoms with Crippen molar-refractivity contribution in [3.8, 4) is 6.07 Å². The third kappa shape index (κ3) is 3.35. The fourth-order valence-electron chi connectivity index (χ4n) is 3.47. The minimum atomic E-state index is -0.00153. The van der Waals surface area contributed by atoms with Crippen molar-refractivity contribution < 1.29 is 4.79 Å². The van der Waals surface area contributed by atoms with Gasteiger partial charge in [0.05, 0.1) is 6.42 Å². The van der Waals surface area contributed by atoms with Crippen molar-refractivity contribution in [2.45, 2.75) is 6.42 Å². The summed E-state index contributed by atoms with van der Waals surface area (Å²) in [6.07, 6.45) is 2.27. The molecule has 2 aromatic carbocycles. The van der Waals surface area contributed by atoms with E-state index in [4.69, 9.17) is 0 Å². The fourth-order valence-corrected chi connectivity index (χ4v) is 3.47. The normalized spacial score (nSPS) is 12.3. The molecule has 1 aliphatic heterocycles. The molecule has 5 rings (SSSR count). The van der Waals surface area contributed by atoms with Crippen molar-refractivity contribution in [2.24, 2.45) is 0 Å². The van der Waals surface area contributed by atoms with Gasteiger partial charge in [0, 0.05) is 40.5 Å². The maximum atomic E-state index is 11.5. The SMILES string of the molecule is N#Cc1cc(Nc2ccc3c(c2)CC(=O)N3)cc(Nc2ccc3cc[nH]c3c2)n1. The number of benzene rings is 2. The molecule has 3 heterocycles. The molecule has 0 saturated carbocycles. The zero-order valence-electron chi connectivity index (χ0n) is 15.3. The number of H-pyrrole nitrogens is 1. The quantitative estimate of drug-likeness (QED) is 0.419. The second-order valence-electron chi connectivity index (χ2n) is 6.86. The molecule has 4 N–H and O–H groups in total. The van der Waals surface area contributed by atoms with Crippen molar-refractivity contribution in [1.82, 2.24) is 9.97 Å². The number of hydrogen-bond donors (Lipinski definition) is 4. The monoisotopic (exact) mass is 380 g/mol. The molecule has 7 nitrogen and oxygen atoms in total. The minimum Gasteiger partial charge on any atom is -0.361 e. The number of carbonyl (C=O) groups is 1. The topological polar surface area (TPSA) is 106 Å². The average molecular weight is 380 g/mol. The number of nitrogens with zero attached hydrogens (tertiary/aromatic N) is 2. The molecule has 0 spiro atoms. The molecule has 0 saturated heterocycles. The number of pyridine rings is 1. The van der Waals surface area contributed by atoms with Gasteiger partial charge in [-0.05, 0) is 53.4 Å². The molecule has 140 valence electrons. The van der Waals surface area contributed by atoms with Gasteiger partial charge in [-0.2, -0.15) is 5.26 Å². The molecule has 0 aliphatic carbocycles. The summed E-state index contributed by atoms with van der Waals surface area (Å²) in [4.78, 5) is 19.1. The van der Waals surface area contributed by atoms with Crippen LogP contribution in [0.4, 0.5) is 28.6 Å². The zero-order valence-corrected chi connectivity index (χ0v) is 15.3. The number of nitrogens with one attached hydrogen (secondary N) is 4. The van der Waals surface area contributed by atoms with Crippen LogP contribution < -0.4 is 16.0 Å². The van der Waals surface area contributed by atoms with Gasteiger partial charge in [0.1, 0.15) is 17.6 Å². The van der Waals surface area contributed by atoms with Crippen molar-refractivity contribution >= 4 is 45.4 Å². The summed E-state index contributed by atoms with van der Waals surface area (Å²) >= 11 is 0.